The Hall–Kier alpha value is -2.45. The molecule has 2 aromatic rings. The van der Waals surface area contributed by atoms with E-state index in [1.54, 1.807) is 0 Å². The molecular weight excluding hydrogens is 321 g/mol. The molecule has 2 rings (SSSR count). The van der Waals surface area contributed by atoms with Crippen molar-refractivity contribution in [1.82, 2.24) is 9.97 Å². The summed E-state index contributed by atoms with van der Waals surface area (Å²) in [5.74, 6) is -0.471. The van der Waals surface area contributed by atoms with Crippen molar-refractivity contribution >= 4 is 34.7 Å². The van der Waals surface area contributed by atoms with Gasteiger partial charge in [-0.2, -0.15) is 0 Å². The van der Waals surface area contributed by atoms with E-state index in [1.807, 2.05) is 0 Å². The lowest BCUT2D eigenvalue weighted by atomic mass is 10.3. The van der Waals surface area contributed by atoms with Gasteiger partial charge in [0.25, 0.3) is 5.69 Å². The average molecular weight is 328 g/mol. The van der Waals surface area contributed by atoms with Gasteiger partial charge in [0.05, 0.1) is 15.0 Å². The van der Waals surface area contributed by atoms with E-state index in [2.05, 4.69) is 9.97 Å². The lowest BCUT2D eigenvalue weighted by Gasteiger charge is -2.10. The largest absolute Gasteiger partial charge is 0.434 e. The molecule has 0 fully saturated rings. The van der Waals surface area contributed by atoms with Crippen LogP contribution in [0.2, 0.25) is 10.0 Å². The molecule has 0 amide bonds. The van der Waals surface area contributed by atoms with Gasteiger partial charge in [0.1, 0.15) is 5.84 Å². The first-order valence-corrected chi connectivity index (χ1v) is 6.12. The van der Waals surface area contributed by atoms with Gasteiger partial charge >= 0.3 is 0 Å². The zero-order valence-corrected chi connectivity index (χ0v) is 11.7. The second-order valence-corrected chi connectivity index (χ2v) is 4.54. The number of ether oxygens (including phenoxy) is 1. The van der Waals surface area contributed by atoms with Crippen LogP contribution < -0.4 is 10.5 Å². The number of hydrogen-bond donors (Lipinski definition) is 2. The third kappa shape index (κ3) is 3.18. The molecular formula is C11H7Cl2N5O3. The predicted molar refractivity (Wildman–Crippen MR) is 76.2 cm³/mol. The SMILES string of the molecule is N=C(N)c1nccnc1Oc1c(Cl)cc([N+](=O)[O-])cc1Cl. The van der Waals surface area contributed by atoms with Gasteiger partial charge in [-0.3, -0.25) is 15.5 Å². The maximum Gasteiger partial charge on any atom is 0.272 e. The highest BCUT2D eigenvalue weighted by Gasteiger charge is 2.19. The maximum atomic E-state index is 10.7. The Labute approximate surface area is 128 Å². The van der Waals surface area contributed by atoms with Crippen LogP contribution in [0.5, 0.6) is 11.6 Å². The summed E-state index contributed by atoms with van der Waals surface area (Å²) in [6.45, 7) is 0. The molecule has 8 nitrogen and oxygen atoms in total. The van der Waals surface area contributed by atoms with Crippen molar-refractivity contribution in [3.63, 3.8) is 0 Å². The number of aromatic nitrogens is 2. The molecule has 0 radical (unpaired) electrons. The number of nitrogens with zero attached hydrogens (tertiary/aromatic N) is 3. The molecule has 0 saturated carbocycles. The number of rotatable bonds is 4. The average Bonchev–Trinajstić information content (AvgIpc) is 2.42. The molecule has 21 heavy (non-hydrogen) atoms. The first kappa shape index (κ1) is 14.9. The summed E-state index contributed by atoms with van der Waals surface area (Å²) >= 11 is 11.8. The molecule has 1 aromatic carbocycles. The zero-order chi connectivity index (χ0) is 15.6. The van der Waals surface area contributed by atoms with E-state index in [1.165, 1.54) is 12.4 Å². The minimum Gasteiger partial charge on any atom is -0.434 e. The summed E-state index contributed by atoms with van der Waals surface area (Å²) in [6.07, 6.45) is 2.66. The molecule has 0 aliphatic rings. The minimum absolute atomic E-state index is 0.00276. The second kappa shape index (κ2) is 5.90. The topological polar surface area (TPSA) is 128 Å². The van der Waals surface area contributed by atoms with Gasteiger partial charge in [-0.1, -0.05) is 23.2 Å². The minimum atomic E-state index is -0.634. The van der Waals surface area contributed by atoms with Crippen molar-refractivity contribution < 1.29 is 9.66 Å². The zero-order valence-electron chi connectivity index (χ0n) is 10.2. The van der Waals surface area contributed by atoms with Crippen molar-refractivity contribution in [2.45, 2.75) is 0 Å². The first-order valence-electron chi connectivity index (χ1n) is 5.37. The number of nitrogen functional groups attached to an aromatic ring is 1. The second-order valence-electron chi connectivity index (χ2n) is 3.72. The Morgan fingerprint density at radius 2 is 1.86 bits per heavy atom. The van der Waals surface area contributed by atoms with Crippen LogP contribution in [0.3, 0.4) is 0 Å². The number of nitro groups is 1. The van der Waals surface area contributed by atoms with E-state index in [-0.39, 0.29) is 38.9 Å². The third-order valence-corrected chi connectivity index (χ3v) is 2.87. The Balaban J connectivity index is 2.46. The van der Waals surface area contributed by atoms with E-state index in [0.717, 1.165) is 12.1 Å². The van der Waals surface area contributed by atoms with Crippen LogP contribution in [0.25, 0.3) is 0 Å². The predicted octanol–water partition coefficient (Wildman–Crippen LogP) is 2.77. The molecule has 108 valence electrons. The maximum absolute atomic E-state index is 10.7. The van der Waals surface area contributed by atoms with Crippen LogP contribution in [0.15, 0.2) is 24.5 Å². The van der Waals surface area contributed by atoms with E-state index in [0.29, 0.717) is 0 Å². The molecule has 0 aliphatic heterocycles. The van der Waals surface area contributed by atoms with E-state index in [9.17, 15) is 10.1 Å². The lowest BCUT2D eigenvalue weighted by molar-refractivity contribution is -0.384. The fourth-order valence-corrected chi connectivity index (χ4v) is 1.98. The molecule has 3 N–H and O–H groups in total. The van der Waals surface area contributed by atoms with Crippen molar-refractivity contribution in [2.75, 3.05) is 0 Å². The summed E-state index contributed by atoms with van der Waals surface area (Å²) in [4.78, 5) is 17.8. The Bertz CT molecular complexity index is 715. The van der Waals surface area contributed by atoms with Crippen molar-refractivity contribution in [3.05, 3.63) is 50.4 Å². The van der Waals surface area contributed by atoms with Crippen molar-refractivity contribution in [2.24, 2.45) is 5.73 Å². The number of halogens is 2. The summed E-state index contributed by atoms with van der Waals surface area (Å²) in [6, 6.07) is 2.18. The molecule has 0 atom stereocenters. The molecule has 1 heterocycles. The molecule has 0 aliphatic carbocycles. The van der Waals surface area contributed by atoms with Crippen molar-refractivity contribution in [3.8, 4) is 11.6 Å². The molecule has 0 spiro atoms. The van der Waals surface area contributed by atoms with Gasteiger partial charge in [0.15, 0.2) is 11.4 Å². The molecule has 0 saturated heterocycles. The van der Waals surface area contributed by atoms with Crippen LogP contribution in [-0.4, -0.2) is 20.7 Å². The highest BCUT2D eigenvalue weighted by Crippen LogP contribution is 2.39. The summed E-state index contributed by atoms with van der Waals surface area (Å²) in [7, 11) is 0. The Kier molecular flexibility index (Phi) is 4.20. The number of non-ortho nitro benzene ring substituents is 1. The van der Waals surface area contributed by atoms with Crippen LogP contribution in [0.1, 0.15) is 5.69 Å². The van der Waals surface area contributed by atoms with E-state index >= 15 is 0 Å². The number of benzene rings is 1. The van der Waals surface area contributed by atoms with Gasteiger partial charge in [0.2, 0.25) is 5.88 Å². The van der Waals surface area contributed by atoms with Crippen LogP contribution >= 0.6 is 23.2 Å². The third-order valence-electron chi connectivity index (χ3n) is 2.31. The number of nitrogens with one attached hydrogen (secondary N) is 1. The monoisotopic (exact) mass is 327 g/mol. The molecule has 0 bridgehead atoms. The number of nitro benzene ring substituents is 1. The van der Waals surface area contributed by atoms with E-state index < -0.39 is 4.92 Å². The summed E-state index contributed by atoms with van der Waals surface area (Å²) in [5.41, 5.74) is 5.08. The van der Waals surface area contributed by atoms with Crippen LogP contribution in [0, 0.1) is 15.5 Å². The Morgan fingerprint density at radius 1 is 1.29 bits per heavy atom. The molecule has 10 heteroatoms. The Morgan fingerprint density at radius 3 is 2.38 bits per heavy atom. The molecule has 1 aromatic heterocycles. The fourth-order valence-electron chi connectivity index (χ4n) is 1.43. The quantitative estimate of drug-likeness (QED) is 0.384. The number of amidine groups is 1. The van der Waals surface area contributed by atoms with Gasteiger partial charge in [-0.05, 0) is 0 Å². The number of nitrogens with two attached hydrogens (primary N) is 1. The highest BCUT2D eigenvalue weighted by atomic mass is 35.5. The molecule has 0 unspecified atom stereocenters. The number of hydrogen-bond acceptors (Lipinski definition) is 6. The smallest absolute Gasteiger partial charge is 0.272 e. The first-order chi connectivity index (χ1) is 9.90. The van der Waals surface area contributed by atoms with Gasteiger partial charge in [-0.25, -0.2) is 9.97 Å². The summed E-state index contributed by atoms with van der Waals surface area (Å²) < 4.78 is 5.39. The van der Waals surface area contributed by atoms with E-state index in [4.69, 9.17) is 39.1 Å². The van der Waals surface area contributed by atoms with Crippen molar-refractivity contribution in [1.29, 1.82) is 5.41 Å². The standard InChI is InChI=1S/C11H7Cl2N5O3/c12-6-3-5(18(19)20)4-7(13)9(6)21-11-8(10(14)15)16-1-2-17-11/h1-4H,(H3,14,15). The van der Waals surface area contributed by atoms with Gasteiger partial charge in [0, 0.05) is 24.5 Å². The fraction of sp³-hybridized carbons (Fsp3) is 0. The highest BCUT2D eigenvalue weighted by molar-refractivity contribution is 6.37. The van der Waals surface area contributed by atoms with Crippen LogP contribution in [0.4, 0.5) is 5.69 Å². The van der Waals surface area contributed by atoms with Gasteiger partial charge < -0.3 is 10.5 Å². The lowest BCUT2D eigenvalue weighted by Crippen LogP contribution is -2.15. The van der Waals surface area contributed by atoms with Crippen LogP contribution in [-0.2, 0) is 0 Å². The summed E-state index contributed by atoms with van der Waals surface area (Å²) in [5, 5.41) is 17.9. The van der Waals surface area contributed by atoms with Gasteiger partial charge in [-0.15, -0.1) is 0 Å². The normalized spacial score (nSPS) is 10.2.